The van der Waals surface area contributed by atoms with Gasteiger partial charge >= 0.3 is 0 Å². The highest BCUT2D eigenvalue weighted by atomic mass is 19.3. The largest absolute Gasteiger partial charge is 0.395 e. The molecule has 0 radical (unpaired) electrons. The molecule has 2 aromatic rings. The first kappa shape index (κ1) is 15.5. The molecule has 0 atom stereocenters. The average molecular weight is 301 g/mol. The van der Waals surface area contributed by atoms with Crippen LogP contribution in [0.5, 0.6) is 0 Å². The lowest BCUT2D eigenvalue weighted by Gasteiger charge is -2.18. The van der Waals surface area contributed by atoms with Crippen LogP contribution >= 0.6 is 0 Å². The van der Waals surface area contributed by atoms with Crippen LogP contribution in [0.25, 0.3) is 11.5 Å². The van der Waals surface area contributed by atoms with E-state index in [9.17, 15) is 13.2 Å². The Morgan fingerprint density at radius 2 is 1.95 bits per heavy atom. The second kappa shape index (κ2) is 7.19. The second-order valence-electron chi connectivity index (χ2n) is 4.37. The molecule has 0 saturated heterocycles. The van der Waals surface area contributed by atoms with E-state index in [1.54, 1.807) is 0 Å². The molecule has 5 nitrogen and oxygen atoms in total. The number of benzene rings is 1. The lowest BCUT2D eigenvalue weighted by atomic mass is 10.2. The number of rotatable bonds is 7. The number of aliphatic hydroxyl groups is 1. The van der Waals surface area contributed by atoms with E-state index in [0.29, 0.717) is 5.56 Å². The quantitative estimate of drug-likeness (QED) is 0.846. The molecule has 1 N–H and O–H groups in total. The Morgan fingerprint density at radius 3 is 2.57 bits per heavy atom. The van der Waals surface area contributed by atoms with Crippen LogP contribution in [0.3, 0.4) is 0 Å². The fourth-order valence-electron chi connectivity index (χ4n) is 1.80. The van der Waals surface area contributed by atoms with Crippen LogP contribution in [0.1, 0.15) is 5.82 Å². The molecule has 1 heterocycles. The minimum Gasteiger partial charge on any atom is -0.395 e. The zero-order valence-corrected chi connectivity index (χ0v) is 11.0. The first-order valence-corrected chi connectivity index (χ1v) is 6.28. The van der Waals surface area contributed by atoms with E-state index in [2.05, 4.69) is 10.1 Å². The van der Waals surface area contributed by atoms with Gasteiger partial charge in [0.15, 0.2) is 5.82 Å². The van der Waals surface area contributed by atoms with E-state index in [1.807, 2.05) is 0 Å². The minimum absolute atomic E-state index is 0.0373. The first-order valence-electron chi connectivity index (χ1n) is 6.28. The van der Waals surface area contributed by atoms with Crippen molar-refractivity contribution < 1.29 is 22.8 Å². The van der Waals surface area contributed by atoms with E-state index in [1.165, 1.54) is 29.2 Å². The molecule has 0 unspecified atom stereocenters. The number of aromatic nitrogens is 2. The van der Waals surface area contributed by atoms with Gasteiger partial charge in [-0.25, -0.2) is 13.2 Å². The Kier molecular flexibility index (Phi) is 5.29. The molecule has 0 aliphatic heterocycles. The lowest BCUT2D eigenvalue weighted by Crippen LogP contribution is -2.31. The highest BCUT2D eigenvalue weighted by Gasteiger charge is 2.16. The molecule has 0 saturated carbocycles. The minimum atomic E-state index is -2.51. The molecular formula is C13H14F3N3O2. The van der Waals surface area contributed by atoms with Crippen molar-refractivity contribution in [1.29, 1.82) is 0 Å². The third-order valence-electron chi connectivity index (χ3n) is 2.74. The Labute approximate surface area is 119 Å². The van der Waals surface area contributed by atoms with Gasteiger partial charge in [0.1, 0.15) is 5.82 Å². The van der Waals surface area contributed by atoms with Crippen LogP contribution in [0.2, 0.25) is 0 Å². The van der Waals surface area contributed by atoms with E-state index < -0.39 is 13.0 Å². The summed E-state index contributed by atoms with van der Waals surface area (Å²) in [4.78, 5) is 5.39. The van der Waals surface area contributed by atoms with E-state index in [-0.39, 0.29) is 37.2 Å². The van der Waals surface area contributed by atoms with Gasteiger partial charge in [0.25, 0.3) is 12.3 Å². The molecule has 0 aliphatic carbocycles. The maximum atomic E-state index is 12.8. The van der Waals surface area contributed by atoms with E-state index in [4.69, 9.17) is 9.63 Å². The summed E-state index contributed by atoms with van der Waals surface area (Å²) in [6, 6.07) is 5.48. The molecule has 114 valence electrons. The molecule has 0 bridgehead atoms. The molecule has 1 aromatic heterocycles. The number of nitrogens with zero attached hydrogens (tertiary/aromatic N) is 3. The summed E-state index contributed by atoms with van der Waals surface area (Å²) in [6.45, 7) is -0.600. The molecule has 21 heavy (non-hydrogen) atoms. The van der Waals surface area contributed by atoms with Crippen molar-refractivity contribution in [2.24, 2.45) is 0 Å². The van der Waals surface area contributed by atoms with Crippen LogP contribution < -0.4 is 0 Å². The molecule has 0 spiro atoms. The van der Waals surface area contributed by atoms with E-state index >= 15 is 0 Å². The maximum absolute atomic E-state index is 12.8. The van der Waals surface area contributed by atoms with Crippen molar-refractivity contribution in [2.45, 2.75) is 13.0 Å². The predicted octanol–water partition coefficient (Wildman–Crippen LogP) is 1.94. The Bertz CT molecular complexity index is 560. The van der Waals surface area contributed by atoms with Gasteiger partial charge in [-0.15, -0.1) is 0 Å². The molecule has 1 aromatic carbocycles. The number of halogens is 3. The first-order chi connectivity index (χ1) is 10.1. The average Bonchev–Trinajstić information content (AvgIpc) is 2.87. The Morgan fingerprint density at radius 1 is 1.24 bits per heavy atom. The van der Waals surface area contributed by atoms with Gasteiger partial charge in [-0.2, -0.15) is 4.98 Å². The molecule has 0 aliphatic rings. The third-order valence-corrected chi connectivity index (χ3v) is 2.74. The summed E-state index contributed by atoms with van der Waals surface area (Å²) < 4.78 is 42.6. The number of hydrogen-bond acceptors (Lipinski definition) is 5. The summed E-state index contributed by atoms with van der Waals surface area (Å²) >= 11 is 0. The molecule has 0 amide bonds. The Hall–Kier alpha value is -1.93. The molecule has 0 fully saturated rings. The van der Waals surface area contributed by atoms with Crippen molar-refractivity contribution >= 4 is 0 Å². The normalized spacial score (nSPS) is 11.5. The van der Waals surface area contributed by atoms with E-state index in [0.717, 1.165) is 0 Å². The lowest BCUT2D eigenvalue weighted by molar-refractivity contribution is 0.0729. The summed E-state index contributed by atoms with van der Waals surface area (Å²) in [7, 11) is 0. The van der Waals surface area contributed by atoms with Gasteiger partial charge in [-0.3, -0.25) is 4.90 Å². The van der Waals surface area contributed by atoms with Gasteiger partial charge in [-0.05, 0) is 24.3 Å². The van der Waals surface area contributed by atoms with Gasteiger partial charge in [0, 0.05) is 12.1 Å². The Balaban J connectivity index is 2.06. The smallest absolute Gasteiger partial charge is 0.257 e. The standard InChI is InChI=1S/C13H14F3N3O2/c14-10-3-1-9(2-4-10)13-17-12(18-21-13)8-19(5-6-20)7-11(15)16/h1-4,11,20H,5-8H2. The highest BCUT2D eigenvalue weighted by molar-refractivity contribution is 5.52. The van der Waals surface area contributed by atoms with Crippen molar-refractivity contribution in [3.63, 3.8) is 0 Å². The van der Waals surface area contributed by atoms with Gasteiger partial charge in [0.05, 0.1) is 19.7 Å². The summed E-state index contributed by atoms with van der Waals surface area (Å²) in [6.07, 6.45) is -2.51. The summed E-state index contributed by atoms with van der Waals surface area (Å²) in [5.74, 6) is 0.0268. The topological polar surface area (TPSA) is 62.4 Å². The SMILES string of the molecule is OCCN(Cc1noc(-c2ccc(F)cc2)n1)CC(F)F. The summed E-state index contributed by atoms with van der Waals surface area (Å²) in [5.41, 5.74) is 0.540. The molecule has 2 rings (SSSR count). The zero-order chi connectivity index (χ0) is 15.2. The van der Waals surface area contributed by atoms with Crippen LogP contribution in [0.4, 0.5) is 13.2 Å². The number of aliphatic hydroxyl groups excluding tert-OH is 1. The van der Waals surface area contributed by atoms with Gasteiger partial charge in [0.2, 0.25) is 0 Å². The van der Waals surface area contributed by atoms with Crippen LogP contribution in [0, 0.1) is 5.82 Å². The van der Waals surface area contributed by atoms with Crippen LogP contribution in [-0.2, 0) is 6.54 Å². The van der Waals surface area contributed by atoms with Gasteiger partial charge < -0.3 is 9.63 Å². The van der Waals surface area contributed by atoms with Crippen LogP contribution in [-0.4, -0.2) is 46.3 Å². The van der Waals surface area contributed by atoms with Gasteiger partial charge in [-0.1, -0.05) is 5.16 Å². The van der Waals surface area contributed by atoms with Crippen molar-refractivity contribution in [2.75, 3.05) is 19.7 Å². The monoisotopic (exact) mass is 301 g/mol. The number of alkyl halides is 2. The molecule has 8 heteroatoms. The zero-order valence-electron chi connectivity index (χ0n) is 11.0. The fraction of sp³-hybridized carbons (Fsp3) is 0.385. The van der Waals surface area contributed by atoms with Crippen LogP contribution in [0.15, 0.2) is 28.8 Å². The highest BCUT2D eigenvalue weighted by Crippen LogP contribution is 2.18. The van der Waals surface area contributed by atoms with Crippen molar-refractivity contribution in [1.82, 2.24) is 15.0 Å². The number of hydrogen-bond donors (Lipinski definition) is 1. The third kappa shape index (κ3) is 4.54. The molecular weight excluding hydrogens is 287 g/mol. The van der Waals surface area contributed by atoms with Crippen molar-refractivity contribution in [3.05, 3.63) is 35.9 Å². The second-order valence-corrected chi connectivity index (χ2v) is 4.37. The summed E-state index contributed by atoms with van der Waals surface area (Å²) in [5, 5.41) is 12.5. The predicted molar refractivity (Wildman–Crippen MR) is 68.1 cm³/mol. The maximum Gasteiger partial charge on any atom is 0.257 e. The van der Waals surface area contributed by atoms with Crippen molar-refractivity contribution in [3.8, 4) is 11.5 Å². The fourth-order valence-corrected chi connectivity index (χ4v) is 1.80.